The van der Waals surface area contributed by atoms with Crippen LogP contribution < -0.4 is 10.2 Å². The van der Waals surface area contributed by atoms with Gasteiger partial charge in [-0.05, 0) is 68.6 Å². The summed E-state index contributed by atoms with van der Waals surface area (Å²) in [5, 5.41) is 3.62. The van der Waals surface area contributed by atoms with Gasteiger partial charge < -0.3 is 10.2 Å². The van der Waals surface area contributed by atoms with Gasteiger partial charge in [0.15, 0.2) is 0 Å². The summed E-state index contributed by atoms with van der Waals surface area (Å²) in [6, 6.07) is 15.7. The number of halogens is 1. The van der Waals surface area contributed by atoms with Crippen molar-refractivity contribution in [2.75, 3.05) is 31.1 Å². The van der Waals surface area contributed by atoms with E-state index in [1.165, 1.54) is 31.0 Å². The number of carbonyl (C=O) groups is 2. The van der Waals surface area contributed by atoms with Gasteiger partial charge in [0.25, 0.3) is 5.91 Å². The Bertz CT molecular complexity index is 1040. The van der Waals surface area contributed by atoms with Crippen LogP contribution in [0.5, 0.6) is 0 Å². The first kappa shape index (κ1) is 23.9. The highest BCUT2D eigenvalue weighted by Gasteiger charge is 2.30. The summed E-state index contributed by atoms with van der Waals surface area (Å²) in [7, 11) is 0. The van der Waals surface area contributed by atoms with E-state index in [1.807, 2.05) is 48.5 Å². The third-order valence-electron chi connectivity index (χ3n) is 6.16. The van der Waals surface area contributed by atoms with Crippen LogP contribution in [0.2, 0.25) is 5.02 Å². The molecule has 33 heavy (non-hydrogen) atoms. The molecule has 2 aliphatic rings. The van der Waals surface area contributed by atoms with E-state index in [2.05, 4.69) is 17.1 Å². The third kappa shape index (κ3) is 6.19. The van der Waals surface area contributed by atoms with Crippen molar-refractivity contribution in [3.05, 3.63) is 64.0 Å². The fraction of sp³-hybridized carbons (Fsp3) is 0.385. The second-order valence-corrected chi connectivity index (χ2v) is 10.1. The molecule has 0 unspecified atom stereocenters. The van der Waals surface area contributed by atoms with Gasteiger partial charge in [0, 0.05) is 29.0 Å². The van der Waals surface area contributed by atoms with Crippen LogP contribution in [0, 0.1) is 0 Å². The molecule has 0 aliphatic carbocycles. The number of likely N-dealkylation sites (tertiary alicyclic amines) is 1. The van der Waals surface area contributed by atoms with Crippen LogP contribution >= 0.6 is 23.4 Å². The molecule has 0 bridgehead atoms. The fourth-order valence-corrected chi connectivity index (χ4v) is 5.62. The number of rotatable bonds is 7. The Morgan fingerprint density at radius 3 is 2.88 bits per heavy atom. The highest BCUT2D eigenvalue weighted by atomic mass is 35.5. The number of amides is 2. The molecule has 1 saturated heterocycles. The molecule has 0 saturated carbocycles. The number of benzene rings is 2. The van der Waals surface area contributed by atoms with E-state index in [1.54, 1.807) is 11.0 Å². The van der Waals surface area contributed by atoms with Crippen molar-refractivity contribution in [2.45, 2.75) is 43.5 Å². The SMILES string of the molecule is C[C@H]1CCCCN1CCCNC(=O)CN1C(=O)/C(=C\c2cccc(Cl)c2)Sc2ccccc21. The van der Waals surface area contributed by atoms with E-state index < -0.39 is 0 Å². The van der Waals surface area contributed by atoms with Crippen molar-refractivity contribution < 1.29 is 9.59 Å². The minimum Gasteiger partial charge on any atom is -0.355 e. The highest BCUT2D eigenvalue weighted by Crippen LogP contribution is 2.42. The molecule has 2 amide bonds. The zero-order valence-electron chi connectivity index (χ0n) is 18.9. The predicted octanol–water partition coefficient (Wildman–Crippen LogP) is 5.20. The number of thioether (sulfide) groups is 1. The van der Waals surface area contributed by atoms with Gasteiger partial charge >= 0.3 is 0 Å². The Morgan fingerprint density at radius 2 is 2.06 bits per heavy atom. The molecule has 0 spiro atoms. The summed E-state index contributed by atoms with van der Waals surface area (Å²) in [6.45, 7) is 5.04. The second kappa shape index (κ2) is 11.2. The van der Waals surface area contributed by atoms with Gasteiger partial charge in [0.05, 0.1) is 10.6 Å². The van der Waals surface area contributed by atoms with Crippen molar-refractivity contribution in [3.63, 3.8) is 0 Å². The summed E-state index contributed by atoms with van der Waals surface area (Å²) in [5.41, 5.74) is 1.63. The maximum absolute atomic E-state index is 13.3. The van der Waals surface area contributed by atoms with Crippen LogP contribution in [0.1, 0.15) is 38.2 Å². The van der Waals surface area contributed by atoms with E-state index in [9.17, 15) is 9.59 Å². The van der Waals surface area contributed by atoms with Crippen molar-refractivity contribution in [1.82, 2.24) is 10.2 Å². The standard InChI is InChI=1S/C26H30ClN3O2S/c1-19-8-4-5-14-29(19)15-7-13-28-25(31)18-30-22-11-2-3-12-23(22)33-24(26(30)32)17-20-9-6-10-21(27)16-20/h2-3,6,9-12,16-17,19H,4-5,7-8,13-15,18H2,1H3,(H,28,31)/b24-17+/t19-/m0/s1. The molecule has 174 valence electrons. The van der Waals surface area contributed by atoms with Gasteiger partial charge in [-0.15, -0.1) is 0 Å². The molecular formula is C26H30ClN3O2S. The van der Waals surface area contributed by atoms with Crippen molar-refractivity contribution in [2.24, 2.45) is 0 Å². The van der Waals surface area contributed by atoms with Gasteiger partial charge in [0.2, 0.25) is 5.91 Å². The van der Waals surface area contributed by atoms with Crippen molar-refractivity contribution >= 4 is 46.9 Å². The first-order valence-electron chi connectivity index (χ1n) is 11.6. The smallest absolute Gasteiger partial charge is 0.265 e. The molecule has 0 radical (unpaired) electrons. The number of piperidine rings is 1. The molecule has 4 rings (SSSR count). The summed E-state index contributed by atoms with van der Waals surface area (Å²) >= 11 is 7.53. The molecule has 2 heterocycles. The number of para-hydroxylation sites is 1. The van der Waals surface area contributed by atoms with E-state index >= 15 is 0 Å². The zero-order valence-corrected chi connectivity index (χ0v) is 20.5. The number of nitrogens with zero attached hydrogens (tertiary/aromatic N) is 2. The Labute approximate surface area is 205 Å². The highest BCUT2D eigenvalue weighted by molar-refractivity contribution is 8.04. The summed E-state index contributed by atoms with van der Waals surface area (Å²) in [6.07, 6.45) is 6.57. The topological polar surface area (TPSA) is 52.7 Å². The maximum Gasteiger partial charge on any atom is 0.265 e. The molecule has 2 aromatic carbocycles. The zero-order chi connectivity index (χ0) is 23.2. The van der Waals surface area contributed by atoms with Gasteiger partial charge in [0.1, 0.15) is 6.54 Å². The predicted molar refractivity (Wildman–Crippen MR) is 137 cm³/mol. The minimum atomic E-state index is -0.170. The van der Waals surface area contributed by atoms with E-state index in [0.29, 0.717) is 22.5 Å². The molecule has 2 aliphatic heterocycles. The van der Waals surface area contributed by atoms with Crippen LogP contribution in [-0.4, -0.2) is 48.9 Å². The number of hydrogen-bond donors (Lipinski definition) is 1. The molecule has 1 N–H and O–H groups in total. The van der Waals surface area contributed by atoms with Gasteiger partial charge in [-0.25, -0.2) is 0 Å². The monoisotopic (exact) mass is 483 g/mol. The van der Waals surface area contributed by atoms with Crippen molar-refractivity contribution in [1.29, 1.82) is 0 Å². The first-order valence-corrected chi connectivity index (χ1v) is 12.8. The summed E-state index contributed by atoms with van der Waals surface area (Å²) in [4.78, 5) is 31.6. The molecule has 2 aromatic rings. The largest absolute Gasteiger partial charge is 0.355 e. The lowest BCUT2D eigenvalue weighted by Gasteiger charge is -2.33. The lowest BCUT2D eigenvalue weighted by Crippen LogP contribution is -2.43. The number of nitrogens with one attached hydrogen (secondary N) is 1. The van der Waals surface area contributed by atoms with Crippen LogP contribution in [0.3, 0.4) is 0 Å². The fourth-order valence-electron chi connectivity index (χ4n) is 4.37. The van der Waals surface area contributed by atoms with Gasteiger partial charge in [-0.2, -0.15) is 0 Å². The van der Waals surface area contributed by atoms with Gasteiger partial charge in [-0.1, -0.05) is 54.0 Å². The van der Waals surface area contributed by atoms with Crippen LogP contribution in [0.25, 0.3) is 6.08 Å². The van der Waals surface area contributed by atoms with Crippen LogP contribution in [0.15, 0.2) is 58.3 Å². The quantitative estimate of drug-likeness (QED) is 0.434. The maximum atomic E-state index is 13.3. The number of carbonyl (C=O) groups excluding carboxylic acids is 2. The average molecular weight is 484 g/mol. The average Bonchev–Trinajstić information content (AvgIpc) is 2.80. The summed E-state index contributed by atoms with van der Waals surface area (Å²) in [5.74, 6) is -0.310. The number of hydrogen-bond acceptors (Lipinski definition) is 4. The normalized spacial score (nSPS) is 20.1. The minimum absolute atomic E-state index is 0.00338. The Kier molecular flexibility index (Phi) is 8.12. The number of anilines is 1. The Morgan fingerprint density at radius 1 is 1.21 bits per heavy atom. The summed E-state index contributed by atoms with van der Waals surface area (Å²) < 4.78 is 0. The van der Waals surface area contributed by atoms with E-state index in [-0.39, 0.29) is 18.4 Å². The molecular weight excluding hydrogens is 454 g/mol. The second-order valence-electron chi connectivity index (χ2n) is 8.61. The van der Waals surface area contributed by atoms with Crippen LogP contribution in [-0.2, 0) is 9.59 Å². The van der Waals surface area contributed by atoms with Gasteiger partial charge in [-0.3, -0.25) is 14.5 Å². The molecule has 7 heteroatoms. The Balaban J connectivity index is 1.40. The number of fused-ring (bicyclic) bond motifs is 1. The van der Waals surface area contributed by atoms with E-state index in [0.717, 1.165) is 35.7 Å². The van der Waals surface area contributed by atoms with Crippen molar-refractivity contribution in [3.8, 4) is 0 Å². The first-order chi connectivity index (χ1) is 16.0. The lowest BCUT2D eigenvalue weighted by atomic mass is 10.0. The molecule has 5 nitrogen and oxygen atoms in total. The Hall–Kier alpha value is -2.28. The lowest BCUT2D eigenvalue weighted by molar-refractivity contribution is -0.122. The van der Waals surface area contributed by atoms with E-state index in [4.69, 9.17) is 11.6 Å². The molecule has 0 aromatic heterocycles. The molecule has 1 fully saturated rings. The van der Waals surface area contributed by atoms with Crippen LogP contribution in [0.4, 0.5) is 5.69 Å². The third-order valence-corrected chi connectivity index (χ3v) is 7.48. The molecule has 1 atom stereocenters.